The average Bonchev–Trinajstić information content (AvgIpc) is 2.57. The van der Waals surface area contributed by atoms with Gasteiger partial charge in [0.15, 0.2) is 0 Å². The minimum Gasteiger partial charge on any atom is -0.381 e. The molecule has 2 fully saturated rings. The Morgan fingerprint density at radius 2 is 1.18 bits per heavy atom. The van der Waals surface area contributed by atoms with Crippen molar-refractivity contribution in [2.24, 2.45) is 17.3 Å². The summed E-state index contributed by atoms with van der Waals surface area (Å²) >= 11 is 0. The van der Waals surface area contributed by atoms with Crippen LogP contribution in [0.1, 0.15) is 86.0 Å². The molecule has 0 spiro atoms. The fourth-order valence-electron chi connectivity index (χ4n) is 4.59. The predicted molar refractivity (Wildman–Crippen MR) is 95.3 cm³/mol. The quantitative estimate of drug-likeness (QED) is 0.635. The van der Waals surface area contributed by atoms with Gasteiger partial charge in [-0.15, -0.1) is 0 Å². The van der Waals surface area contributed by atoms with Crippen LogP contribution in [0, 0.1) is 17.3 Å². The minimum atomic E-state index is 0.496. The van der Waals surface area contributed by atoms with Crippen LogP contribution in [0.5, 0.6) is 0 Å². The molecule has 2 heteroatoms. The first-order valence-electron chi connectivity index (χ1n) is 9.72. The molecule has 2 saturated carbocycles. The number of methoxy groups -OCH3 is 1. The first kappa shape index (κ1) is 20.0. The summed E-state index contributed by atoms with van der Waals surface area (Å²) in [6.07, 6.45) is 11.6. The van der Waals surface area contributed by atoms with Gasteiger partial charge in [-0.2, -0.15) is 0 Å². The van der Waals surface area contributed by atoms with E-state index in [4.69, 9.17) is 9.47 Å². The van der Waals surface area contributed by atoms with Crippen molar-refractivity contribution in [2.45, 2.75) is 98.2 Å². The number of hydrogen-bond donors (Lipinski definition) is 0. The Labute approximate surface area is 139 Å². The molecule has 0 heterocycles. The summed E-state index contributed by atoms with van der Waals surface area (Å²) in [6.45, 7) is 12.0. The lowest BCUT2D eigenvalue weighted by Crippen LogP contribution is -2.39. The second kappa shape index (κ2) is 9.93. The van der Waals surface area contributed by atoms with E-state index in [9.17, 15) is 0 Å². The first-order valence-corrected chi connectivity index (χ1v) is 9.72. The standard InChI is InChI=1S/C18H34O2.C2H6/c1-5-20-17-12-8-15(9-13-17)18(2,3)14-6-10-16(19-4)11-7-14;1-2/h14-17H,5-13H2,1-4H3;1-2H3. The summed E-state index contributed by atoms with van der Waals surface area (Å²) in [5.74, 6) is 1.78. The third-order valence-electron chi connectivity index (χ3n) is 6.19. The molecule has 0 aromatic carbocycles. The molecule has 0 aromatic heterocycles. The average molecular weight is 313 g/mol. The zero-order valence-electron chi connectivity index (χ0n) is 16.0. The second-order valence-electron chi connectivity index (χ2n) is 7.46. The van der Waals surface area contributed by atoms with Crippen molar-refractivity contribution < 1.29 is 9.47 Å². The van der Waals surface area contributed by atoms with Gasteiger partial charge in [-0.05, 0) is 75.5 Å². The Balaban J connectivity index is 0.00000116. The Hall–Kier alpha value is -0.0800. The van der Waals surface area contributed by atoms with Gasteiger partial charge in [0.05, 0.1) is 12.2 Å². The van der Waals surface area contributed by atoms with Gasteiger partial charge in [0.25, 0.3) is 0 Å². The van der Waals surface area contributed by atoms with Crippen molar-refractivity contribution in [1.82, 2.24) is 0 Å². The van der Waals surface area contributed by atoms with Crippen LogP contribution in [0.15, 0.2) is 0 Å². The molecule has 0 bridgehead atoms. The Morgan fingerprint density at radius 1 is 0.773 bits per heavy atom. The van der Waals surface area contributed by atoms with Gasteiger partial charge in [0.2, 0.25) is 0 Å². The SMILES string of the molecule is CC.CCOC1CCC(C(C)(C)C2CCC(OC)CC2)CC1. The molecule has 0 aromatic rings. The van der Waals surface area contributed by atoms with E-state index in [1.54, 1.807) is 0 Å². The van der Waals surface area contributed by atoms with Crippen LogP contribution in [0.4, 0.5) is 0 Å². The van der Waals surface area contributed by atoms with Gasteiger partial charge in [-0.3, -0.25) is 0 Å². The van der Waals surface area contributed by atoms with E-state index in [0.29, 0.717) is 17.6 Å². The molecular weight excluding hydrogens is 272 g/mol. The van der Waals surface area contributed by atoms with E-state index < -0.39 is 0 Å². The van der Waals surface area contributed by atoms with E-state index in [0.717, 1.165) is 18.4 Å². The Kier molecular flexibility index (Phi) is 9.01. The molecule has 0 amide bonds. The van der Waals surface area contributed by atoms with Gasteiger partial charge in [0.1, 0.15) is 0 Å². The Bertz CT molecular complexity index is 271. The molecule has 0 radical (unpaired) electrons. The highest BCUT2D eigenvalue weighted by Crippen LogP contribution is 2.48. The summed E-state index contributed by atoms with van der Waals surface area (Å²) < 4.78 is 11.3. The molecule has 2 aliphatic carbocycles. The second-order valence-corrected chi connectivity index (χ2v) is 7.46. The van der Waals surface area contributed by atoms with Crippen LogP contribution >= 0.6 is 0 Å². The zero-order chi connectivity index (χ0) is 16.6. The van der Waals surface area contributed by atoms with E-state index in [-0.39, 0.29) is 0 Å². The van der Waals surface area contributed by atoms with Gasteiger partial charge < -0.3 is 9.47 Å². The number of ether oxygens (including phenoxy) is 2. The normalized spacial score (nSPS) is 33.0. The zero-order valence-corrected chi connectivity index (χ0v) is 16.0. The molecule has 0 atom stereocenters. The first-order chi connectivity index (χ1) is 10.6. The van der Waals surface area contributed by atoms with Crippen molar-refractivity contribution in [3.63, 3.8) is 0 Å². The molecule has 22 heavy (non-hydrogen) atoms. The van der Waals surface area contributed by atoms with Crippen LogP contribution in [0.3, 0.4) is 0 Å². The van der Waals surface area contributed by atoms with E-state index in [2.05, 4.69) is 20.8 Å². The van der Waals surface area contributed by atoms with Crippen LogP contribution in [-0.2, 0) is 9.47 Å². The molecule has 2 aliphatic rings. The van der Waals surface area contributed by atoms with Crippen LogP contribution in [0.25, 0.3) is 0 Å². The molecule has 0 N–H and O–H groups in total. The van der Waals surface area contributed by atoms with Gasteiger partial charge in [0, 0.05) is 13.7 Å². The maximum atomic E-state index is 5.80. The number of rotatable bonds is 5. The summed E-state index contributed by atoms with van der Waals surface area (Å²) in [5.41, 5.74) is 0.496. The van der Waals surface area contributed by atoms with Crippen molar-refractivity contribution in [2.75, 3.05) is 13.7 Å². The van der Waals surface area contributed by atoms with Crippen molar-refractivity contribution in [3.8, 4) is 0 Å². The highest BCUT2D eigenvalue weighted by Gasteiger charge is 2.40. The Morgan fingerprint density at radius 3 is 1.55 bits per heavy atom. The van der Waals surface area contributed by atoms with Gasteiger partial charge in [-0.1, -0.05) is 27.7 Å². The molecule has 0 saturated heterocycles. The molecule has 2 rings (SSSR count). The smallest absolute Gasteiger partial charge is 0.0575 e. The van der Waals surface area contributed by atoms with Crippen molar-refractivity contribution in [3.05, 3.63) is 0 Å². The fourth-order valence-corrected chi connectivity index (χ4v) is 4.59. The lowest BCUT2D eigenvalue weighted by atomic mass is 9.60. The van der Waals surface area contributed by atoms with E-state index >= 15 is 0 Å². The summed E-state index contributed by atoms with van der Waals surface area (Å²) in [5, 5.41) is 0. The summed E-state index contributed by atoms with van der Waals surface area (Å²) in [6, 6.07) is 0. The van der Waals surface area contributed by atoms with Crippen molar-refractivity contribution in [1.29, 1.82) is 0 Å². The molecule has 132 valence electrons. The maximum absolute atomic E-state index is 5.80. The third kappa shape index (κ3) is 5.23. The van der Waals surface area contributed by atoms with Gasteiger partial charge in [-0.25, -0.2) is 0 Å². The van der Waals surface area contributed by atoms with Crippen molar-refractivity contribution >= 4 is 0 Å². The van der Waals surface area contributed by atoms with E-state index in [1.807, 2.05) is 21.0 Å². The number of hydrogen-bond acceptors (Lipinski definition) is 2. The third-order valence-corrected chi connectivity index (χ3v) is 6.19. The van der Waals surface area contributed by atoms with Crippen LogP contribution in [0.2, 0.25) is 0 Å². The lowest BCUT2D eigenvalue weighted by molar-refractivity contribution is -0.0252. The van der Waals surface area contributed by atoms with Crippen LogP contribution < -0.4 is 0 Å². The molecule has 2 nitrogen and oxygen atoms in total. The van der Waals surface area contributed by atoms with E-state index in [1.165, 1.54) is 51.4 Å². The predicted octanol–water partition coefficient (Wildman–Crippen LogP) is 5.84. The fraction of sp³-hybridized carbons (Fsp3) is 1.00. The topological polar surface area (TPSA) is 18.5 Å². The highest BCUT2D eigenvalue weighted by molar-refractivity contribution is 4.90. The maximum Gasteiger partial charge on any atom is 0.0575 e. The molecule has 0 aliphatic heterocycles. The molecule has 0 unspecified atom stereocenters. The lowest BCUT2D eigenvalue weighted by Gasteiger charge is -2.46. The van der Waals surface area contributed by atoms with Crippen LogP contribution in [-0.4, -0.2) is 25.9 Å². The largest absolute Gasteiger partial charge is 0.381 e. The summed E-state index contributed by atoms with van der Waals surface area (Å²) in [4.78, 5) is 0. The molecular formula is C20H40O2. The van der Waals surface area contributed by atoms with Gasteiger partial charge >= 0.3 is 0 Å². The summed E-state index contributed by atoms with van der Waals surface area (Å²) in [7, 11) is 1.87. The highest BCUT2D eigenvalue weighted by atomic mass is 16.5. The monoisotopic (exact) mass is 312 g/mol. The minimum absolute atomic E-state index is 0.496.